The number of carbonyl (C=O) groups excluding carboxylic acids is 3. The van der Waals surface area contributed by atoms with Crippen LogP contribution in [0.1, 0.15) is 68.9 Å². The Bertz CT molecular complexity index is 1770. The number of para-hydroxylation sites is 1. The second kappa shape index (κ2) is 8.83. The molecule has 0 aromatic heterocycles. The zero-order valence-corrected chi connectivity index (χ0v) is 24.4. The van der Waals surface area contributed by atoms with Crippen LogP contribution in [0.5, 0.6) is 11.5 Å². The van der Waals surface area contributed by atoms with Gasteiger partial charge in [0.1, 0.15) is 39.9 Å². The van der Waals surface area contributed by atoms with Crippen molar-refractivity contribution in [1.29, 1.82) is 5.26 Å². The highest BCUT2D eigenvalue weighted by atomic mass is 16.5. The van der Waals surface area contributed by atoms with Crippen LogP contribution in [-0.2, 0) is 19.7 Å². The Kier molecular flexibility index (Phi) is 5.75. The Morgan fingerprint density at radius 2 is 1.83 bits per heavy atom. The zero-order chi connectivity index (χ0) is 30.4. The number of nitrogens with zero attached hydrogens (tertiary/aromatic N) is 2. The van der Waals surface area contributed by atoms with Crippen LogP contribution in [0.25, 0.3) is 5.57 Å². The molecule has 2 N–H and O–H groups in total. The van der Waals surface area contributed by atoms with Crippen LogP contribution in [0.15, 0.2) is 65.3 Å². The summed E-state index contributed by atoms with van der Waals surface area (Å²) in [5, 5.41) is 10.5. The molecule has 0 saturated carbocycles. The van der Waals surface area contributed by atoms with E-state index in [1.54, 1.807) is 41.3 Å². The molecule has 42 heavy (non-hydrogen) atoms. The van der Waals surface area contributed by atoms with Gasteiger partial charge < -0.3 is 24.8 Å². The van der Waals surface area contributed by atoms with Crippen LogP contribution in [0, 0.1) is 16.7 Å². The highest BCUT2D eigenvalue weighted by Crippen LogP contribution is 2.61. The van der Waals surface area contributed by atoms with Gasteiger partial charge in [-0.1, -0.05) is 32.1 Å². The SMILES string of the molecule is COc1ccccc1C(=O)Oc1cc2c3c(c1)[C@]1(C(=O)N3C(C)(C)C=C2C)C(C#N)=C(N)OC2=C1C(=O)CC(C)(C)C2. The number of ketones is 1. The molecule has 1 amide bonds. The van der Waals surface area contributed by atoms with Gasteiger partial charge in [-0.15, -0.1) is 0 Å². The van der Waals surface area contributed by atoms with Crippen molar-refractivity contribution in [3.05, 3.63) is 82.0 Å². The maximum atomic E-state index is 14.9. The third-order valence-electron chi connectivity index (χ3n) is 8.52. The van der Waals surface area contributed by atoms with Gasteiger partial charge in [0.15, 0.2) is 5.78 Å². The lowest BCUT2D eigenvalue weighted by molar-refractivity contribution is -0.126. The molecule has 1 aliphatic carbocycles. The number of rotatable bonds is 3. The smallest absolute Gasteiger partial charge is 0.347 e. The van der Waals surface area contributed by atoms with Gasteiger partial charge in [0, 0.05) is 24.0 Å². The highest BCUT2D eigenvalue weighted by molar-refractivity contribution is 6.22. The molecular weight excluding hydrogens is 534 g/mol. The van der Waals surface area contributed by atoms with Gasteiger partial charge >= 0.3 is 5.97 Å². The number of allylic oxidation sites excluding steroid dienone is 2. The molecule has 214 valence electrons. The summed E-state index contributed by atoms with van der Waals surface area (Å²) in [5.74, 6) is -0.861. The van der Waals surface area contributed by atoms with Gasteiger partial charge in [0.25, 0.3) is 0 Å². The van der Waals surface area contributed by atoms with Crippen molar-refractivity contribution in [2.45, 2.75) is 58.4 Å². The minimum Gasteiger partial charge on any atom is -0.496 e. The standard InChI is InChI=1S/C33H31N3O6/c1-17-13-32(4,5)36-27-20(17)11-18(41-29(38)19-9-7-8-10-24(19)40-6)12-21(27)33(30(36)39)22(16-34)28(35)42-25-15-31(2,3)14-23(37)26(25)33/h7-13H,14-15,35H2,1-6H3/t33-/m0/s1. The normalized spacial score (nSPS) is 23.2. The largest absolute Gasteiger partial charge is 0.496 e. The van der Waals surface area contributed by atoms with Gasteiger partial charge in [-0.2, -0.15) is 5.26 Å². The van der Waals surface area contributed by atoms with Crippen molar-refractivity contribution in [1.82, 2.24) is 0 Å². The number of hydrogen-bond acceptors (Lipinski definition) is 8. The van der Waals surface area contributed by atoms with Crippen molar-refractivity contribution in [3.63, 3.8) is 0 Å². The molecule has 0 fully saturated rings. The monoisotopic (exact) mass is 565 g/mol. The number of nitriles is 1. The number of nitrogens with two attached hydrogens (primary N) is 1. The summed E-state index contributed by atoms with van der Waals surface area (Å²) in [6, 6.07) is 12.1. The summed E-state index contributed by atoms with van der Waals surface area (Å²) in [4.78, 5) is 43.8. The van der Waals surface area contributed by atoms with Crippen LogP contribution >= 0.6 is 0 Å². The van der Waals surface area contributed by atoms with E-state index >= 15 is 0 Å². The Hall–Kier alpha value is -4.84. The predicted molar refractivity (Wildman–Crippen MR) is 154 cm³/mol. The first-order chi connectivity index (χ1) is 19.8. The van der Waals surface area contributed by atoms with Crippen LogP contribution < -0.4 is 20.1 Å². The minimum atomic E-state index is -1.85. The summed E-state index contributed by atoms with van der Waals surface area (Å²) in [7, 11) is 1.46. The van der Waals surface area contributed by atoms with Crippen LogP contribution in [0.3, 0.4) is 0 Å². The summed E-state index contributed by atoms with van der Waals surface area (Å²) < 4.78 is 17.2. The fraction of sp³-hybridized carbons (Fsp3) is 0.333. The first-order valence-electron chi connectivity index (χ1n) is 13.7. The molecular formula is C33H31N3O6. The lowest BCUT2D eigenvalue weighted by Gasteiger charge is -2.43. The van der Waals surface area contributed by atoms with E-state index in [0.717, 1.165) is 5.57 Å². The molecule has 3 heterocycles. The van der Waals surface area contributed by atoms with Crippen molar-refractivity contribution in [2.24, 2.45) is 11.1 Å². The van der Waals surface area contributed by atoms with Gasteiger partial charge in [0.05, 0.1) is 23.9 Å². The lowest BCUT2D eigenvalue weighted by Crippen LogP contribution is -2.55. The fourth-order valence-corrected chi connectivity index (χ4v) is 6.96. The number of Topliss-reactive ketones (excluding diaryl/α,β-unsaturated/α-hetero) is 1. The molecule has 1 spiro atoms. The lowest BCUT2D eigenvalue weighted by atomic mass is 9.62. The third kappa shape index (κ3) is 3.57. The molecule has 0 saturated heterocycles. The second-order valence-electron chi connectivity index (χ2n) is 12.5. The Morgan fingerprint density at radius 3 is 2.52 bits per heavy atom. The van der Waals surface area contributed by atoms with Crippen LogP contribution in [0.2, 0.25) is 0 Å². The van der Waals surface area contributed by atoms with Crippen LogP contribution in [-0.4, -0.2) is 30.3 Å². The number of amides is 1. The Morgan fingerprint density at radius 1 is 1.12 bits per heavy atom. The molecule has 6 rings (SSSR count). The van der Waals surface area contributed by atoms with E-state index in [4.69, 9.17) is 19.9 Å². The average Bonchev–Trinajstić information content (AvgIpc) is 3.15. The topological polar surface area (TPSA) is 132 Å². The van der Waals surface area contributed by atoms with Crippen molar-refractivity contribution < 1.29 is 28.6 Å². The number of ether oxygens (including phenoxy) is 3. The van der Waals surface area contributed by atoms with E-state index in [1.165, 1.54) is 7.11 Å². The zero-order valence-electron chi connectivity index (χ0n) is 24.4. The number of carbonyl (C=O) groups is 3. The minimum absolute atomic E-state index is 0.121. The Labute approximate surface area is 243 Å². The number of esters is 1. The van der Waals surface area contributed by atoms with E-state index < -0.39 is 28.2 Å². The van der Waals surface area contributed by atoms with E-state index in [1.807, 2.05) is 40.7 Å². The maximum absolute atomic E-state index is 14.9. The number of anilines is 1. The number of benzene rings is 2. The van der Waals surface area contributed by atoms with E-state index in [0.29, 0.717) is 29.0 Å². The third-order valence-corrected chi connectivity index (χ3v) is 8.52. The molecule has 2 aromatic rings. The van der Waals surface area contributed by atoms with Crippen molar-refractivity contribution >= 4 is 28.9 Å². The van der Waals surface area contributed by atoms with Gasteiger partial charge in [-0.3, -0.25) is 9.59 Å². The molecule has 3 aliphatic heterocycles. The Balaban J connectivity index is 1.65. The molecule has 9 nitrogen and oxygen atoms in total. The highest BCUT2D eigenvalue weighted by Gasteiger charge is 2.65. The molecule has 9 heteroatoms. The van der Waals surface area contributed by atoms with Crippen LogP contribution in [0.4, 0.5) is 5.69 Å². The van der Waals surface area contributed by atoms with E-state index in [9.17, 15) is 19.6 Å². The van der Waals surface area contributed by atoms with Gasteiger partial charge in [-0.05, 0) is 56.0 Å². The van der Waals surface area contributed by atoms with E-state index in [2.05, 4.69) is 6.07 Å². The number of methoxy groups -OCH3 is 1. The number of fused-ring (bicyclic) bond motifs is 2. The first-order valence-corrected chi connectivity index (χ1v) is 13.7. The maximum Gasteiger partial charge on any atom is 0.347 e. The summed E-state index contributed by atoms with van der Waals surface area (Å²) in [6.45, 7) is 9.59. The van der Waals surface area contributed by atoms with Crippen molar-refractivity contribution in [2.75, 3.05) is 12.0 Å². The quantitative estimate of drug-likeness (QED) is 0.403. The second-order valence-corrected chi connectivity index (χ2v) is 12.5. The van der Waals surface area contributed by atoms with Gasteiger partial charge in [-0.25, -0.2) is 4.79 Å². The average molecular weight is 566 g/mol. The molecule has 0 bridgehead atoms. The molecule has 0 unspecified atom stereocenters. The first kappa shape index (κ1) is 27.3. The van der Waals surface area contributed by atoms with Crippen molar-refractivity contribution in [3.8, 4) is 17.6 Å². The summed E-state index contributed by atoms with van der Waals surface area (Å²) >= 11 is 0. The predicted octanol–water partition coefficient (Wildman–Crippen LogP) is 5.06. The summed E-state index contributed by atoms with van der Waals surface area (Å²) in [6.07, 6.45) is 2.46. The molecule has 0 radical (unpaired) electrons. The fourth-order valence-electron chi connectivity index (χ4n) is 6.96. The molecule has 2 aromatic carbocycles. The molecule has 4 aliphatic rings. The number of hydrogen-bond donors (Lipinski definition) is 1. The van der Waals surface area contributed by atoms with Gasteiger partial charge in [0.2, 0.25) is 11.8 Å². The molecule has 1 atom stereocenters. The summed E-state index contributed by atoms with van der Waals surface area (Å²) in [5.41, 5.74) is 5.87. The van der Waals surface area contributed by atoms with E-state index in [-0.39, 0.29) is 46.3 Å².